The van der Waals surface area contributed by atoms with Crippen molar-refractivity contribution in [3.05, 3.63) is 40.2 Å². The Morgan fingerprint density at radius 2 is 1.96 bits per heavy atom. The van der Waals surface area contributed by atoms with Crippen molar-refractivity contribution in [1.29, 1.82) is 0 Å². The number of methoxy groups -OCH3 is 1. The molecule has 1 atom stereocenters. The fourth-order valence-electron chi connectivity index (χ4n) is 2.27. The average molecular weight is 406 g/mol. The van der Waals surface area contributed by atoms with Crippen molar-refractivity contribution >= 4 is 35.1 Å². The molecule has 2 rings (SSSR count). The number of anilines is 2. The summed E-state index contributed by atoms with van der Waals surface area (Å²) in [7, 11) is 1.29. The summed E-state index contributed by atoms with van der Waals surface area (Å²) in [5.74, 6) is -0.453. The van der Waals surface area contributed by atoms with E-state index < -0.39 is 22.7 Å². The number of thioether (sulfide) groups is 1. The number of ether oxygens (including phenoxy) is 2. The smallest absolute Gasteiger partial charge is 0.319 e. The van der Waals surface area contributed by atoms with Crippen LogP contribution in [0, 0.1) is 0 Å². The van der Waals surface area contributed by atoms with Crippen molar-refractivity contribution < 1.29 is 19.1 Å². The standard InChI is InChI=1S/C18H22N4O5S/c1-4-12(17(25)26-3)28-18-21-14(19)13(16(24)22-18)20-15(23)10-6-8-11(9-7-10)27-5-2/h6-9,12H,4-5H2,1-3H3,(H,20,23)(H3,19,21,22,24)/t12-/m0/s1. The van der Waals surface area contributed by atoms with Crippen LogP contribution in [0.5, 0.6) is 5.75 Å². The van der Waals surface area contributed by atoms with E-state index in [9.17, 15) is 14.4 Å². The molecule has 1 heterocycles. The number of hydrogen-bond acceptors (Lipinski definition) is 8. The van der Waals surface area contributed by atoms with Crippen LogP contribution in [0.3, 0.4) is 0 Å². The number of H-pyrrole nitrogens is 1. The van der Waals surface area contributed by atoms with Gasteiger partial charge in [-0.2, -0.15) is 0 Å². The Morgan fingerprint density at radius 1 is 1.29 bits per heavy atom. The van der Waals surface area contributed by atoms with E-state index in [0.717, 1.165) is 11.8 Å². The molecule has 0 unspecified atom stereocenters. The van der Waals surface area contributed by atoms with E-state index in [0.29, 0.717) is 24.3 Å². The Bertz CT molecular complexity index is 898. The van der Waals surface area contributed by atoms with Crippen molar-refractivity contribution in [2.24, 2.45) is 0 Å². The van der Waals surface area contributed by atoms with Gasteiger partial charge in [-0.3, -0.25) is 19.4 Å². The second-order valence-corrected chi connectivity index (χ2v) is 6.77. The van der Waals surface area contributed by atoms with Crippen molar-refractivity contribution in [2.75, 3.05) is 24.8 Å². The van der Waals surface area contributed by atoms with Gasteiger partial charge >= 0.3 is 5.97 Å². The Balaban J connectivity index is 2.17. The minimum Gasteiger partial charge on any atom is -0.494 e. The van der Waals surface area contributed by atoms with Gasteiger partial charge < -0.3 is 20.5 Å². The highest BCUT2D eigenvalue weighted by atomic mass is 32.2. The van der Waals surface area contributed by atoms with E-state index in [4.69, 9.17) is 15.2 Å². The van der Waals surface area contributed by atoms with Crippen LogP contribution >= 0.6 is 11.8 Å². The number of esters is 1. The molecule has 2 aromatic rings. The number of nitrogens with zero attached hydrogens (tertiary/aromatic N) is 1. The Labute approximate surface area is 166 Å². The SMILES string of the molecule is CCOc1ccc(C(=O)Nc2c(N)nc(S[C@@H](CC)C(=O)OC)[nH]c2=O)cc1. The van der Waals surface area contributed by atoms with E-state index in [1.165, 1.54) is 7.11 Å². The average Bonchev–Trinajstić information content (AvgIpc) is 2.69. The molecular formula is C18H22N4O5S. The van der Waals surface area contributed by atoms with Gasteiger partial charge in [0.25, 0.3) is 11.5 Å². The molecule has 0 fully saturated rings. The van der Waals surface area contributed by atoms with Crippen LogP contribution in [-0.2, 0) is 9.53 Å². The first kappa shape index (κ1) is 21.3. The molecule has 0 spiro atoms. The molecule has 0 aliphatic carbocycles. The van der Waals surface area contributed by atoms with E-state index in [1.54, 1.807) is 24.3 Å². The zero-order valence-corrected chi connectivity index (χ0v) is 16.6. The number of carbonyl (C=O) groups excluding carboxylic acids is 2. The van der Waals surface area contributed by atoms with Crippen LogP contribution in [-0.4, -0.2) is 40.8 Å². The van der Waals surface area contributed by atoms with Crippen LogP contribution in [0.1, 0.15) is 30.6 Å². The minimum atomic E-state index is -0.617. The molecule has 1 aromatic carbocycles. The van der Waals surface area contributed by atoms with Crippen molar-refractivity contribution in [3.8, 4) is 5.75 Å². The maximum absolute atomic E-state index is 12.4. The maximum Gasteiger partial charge on any atom is 0.319 e. The molecule has 0 saturated heterocycles. The van der Waals surface area contributed by atoms with Crippen LogP contribution < -0.4 is 21.3 Å². The first-order chi connectivity index (χ1) is 13.4. The number of nitrogens with two attached hydrogens (primary N) is 1. The molecule has 4 N–H and O–H groups in total. The molecule has 0 saturated carbocycles. The third-order valence-electron chi connectivity index (χ3n) is 3.68. The number of amides is 1. The number of rotatable bonds is 8. The van der Waals surface area contributed by atoms with Crippen LogP contribution in [0.4, 0.5) is 11.5 Å². The molecular weight excluding hydrogens is 384 g/mol. The number of aromatic nitrogens is 2. The van der Waals surface area contributed by atoms with Crippen molar-refractivity contribution in [3.63, 3.8) is 0 Å². The molecule has 0 radical (unpaired) electrons. The third-order valence-corrected chi connectivity index (χ3v) is 4.91. The van der Waals surface area contributed by atoms with Gasteiger partial charge in [-0.25, -0.2) is 4.98 Å². The predicted molar refractivity (Wildman–Crippen MR) is 107 cm³/mol. The molecule has 28 heavy (non-hydrogen) atoms. The lowest BCUT2D eigenvalue weighted by Gasteiger charge is -2.12. The molecule has 10 heteroatoms. The lowest BCUT2D eigenvalue weighted by Crippen LogP contribution is -2.24. The topological polar surface area (TPSA) is 136 Å². The summed E-state index contributed by atoms with van der Waals surface area (Å²) >= 11 is 1.03. The maximum atomic E-state index is 12.4. The number of nitrogens with one attached hydrogen (secondary N) is 2. The molecule has 150 valence electrons. The van der Waals surface area contributed by atoms with Crippen molar-refractivity contribution in [1.82, 2.24) is 9.97 Å². The molecule has 1 aromatic heterocycles. The lowest BCUT2D eigenvalue weighted by atomic mass is 10.2. The van der Waals surface area contributed by atoms with E-state index in [-0.39, 0.29) is 16.7 Å². The Morgan fingerprint density at radius 3 is 2.50 bits per heavy atom. The number of benzene rings is 1. The molecule has 0 aliphatic heterocycles. The zero-order chi connectivity index (χ0) is 20.7. The molecule has 0 bridgehead atoms. The summed E-state index contributed by atoms with van der Waals surface area (Å²) in [6.45, 7) is 4.18. The van der Waals surface area contributed by atoms with Crippen LogP contribution in [0.15, 0.2) is 34.2 Å². The van der Waals surface area contributed by atoms with Gasteiger partial charge in [0, 0.05) is 5.56 Å². The van der Waals surface area contributed by atoms with Gasteiger partial charge in [-0.15, -0.1) is 0 Å². The molecule has 9 nitrogen and oxygen atoms in total. The summed E-state index contributed by atoms with van der Waals surface area (Å²) in [5.41, 5.74) is 5.40. The highest BCUT2D eigenvalue weighted by Gasteiger charge is 2.21. The Kier molecular flexibility index (Phi) is 7.44. The van der Waals surface area contributed by atoms with Crippen molar-refractivity contribution in [2.45, 2.75) is 30.7 Å². The zero-order valence-electron chi connectivity index (χ0n) is 15.8. The van der Waals surface area contributed by atoms with Gasteiger partial charge in [0.2, 0.25) is 0 Å². The van der Waals surface area contributed by atoms with Gasteiger partial charge in [0.1, 0.15) is 16.7 Å². The largest absolute Gasteiger partial charge is 0.494 e. The highest BCUT2D eigenvalue weighted by Crippen LogP contribution is 2.24. The molecule has 1 amide bonds. The predicted octanol–water partition coefficient (Wildman–Crippen LogP) is 2.05. The minimum absolute atomic E-state index is 0.148. The quantitative estimate of drug-likeness (QED) is 0.344. The summed E-state index contributed by atoms with van der Waals surface area (Å²) < 4.78 is 10.0. The number of carbonyl (C=O) groups is 2. The fourth-order valence-corrected chi connectivity index (χ4v) is 3.20. The number of hydrogen-bond donors (Lipinski definition) is 3. The normalized spacial score (nSPS) is 11.5. The highest BCUT2D eigenvalue weighted by molar-refractivity contribution is 8.00. The Hall–Kier alpha value is -3.01. The van der Waals surface area contributed by atoms with Gasteiger partial charge in [-0.05, 0) is 37.6 Å². The van der Waals surface area contributed by atoms with Gasteiger partial charge in [0.05, 0.1) is 13.7 Å². The number of aromatic amines is 1. The monoisotopic (exact) mass is 406 g/mol. The van der Waals surface area contributed by atoms with Crippen LogP contribution in [0.25, 0.3) is 0 Å². The third kappa shape index (κ3) is 5.26. The second kappa shape index (κ2) is 9.79. The summed E-state index contributed by atoms with van der Waals surface area (Å²) in [5, 5.41) is 2.10. The van der Waals surface area contributed by atoms with E-state index in [1.807, 2.05) is 13.8 Å². The number of nitrogen functional groups attached to an aromatic ring is 1. The van der Waals surface area contributed by atoms with E-state index >= 15 is 0 Å². The lowest BCUT2D eigenvalue weighted by molar-refractivity contribution is -0.140. The van der Waals surface area contributed by atoms with E-state index in [2.05, 4.69) is 15.3 Å². The van der Waals surface area contributed by atoms with Crippen LogP contribution in [0.2, 0.25) is 0 Å². The second-order valence-electron chi connectivity index (χ2n) is 5.58. The van der Waals surface area contributed by atoms with Gasteiger partial charge in [0.15, 0.2) is 11.0 Å². The first-order valence-corrected chi connectivity index (χ1v) is 9.46. The molecule has 0 aliphatic rings. The summed E-state index contributed by atoms with van der Waals surface area (Å²) in [6, 6.07) is 6.46. The fraction of sp³-hybridized carbons (Fsp3) is 0.333. The summed E-state index contributed by atoms with van der Waals surface area (Å²) in [6.07, 6.45) is 0.483. The van der Waals surface area contributed by atoms with Gasteiger partial charge in [-0.1, -0.05) is 18.7 Å². The first-order valence-electron chi connectivity index (χ1n) is 8.58. The summed E-state index contributed by atoms with van der Waals surface area (Å²) in [4.78, 5) is 43.0.